The smallest absolute Gasteiger partial charge is 0.218 e. The van der Waals surface area contributed by atoms with Gasteiger partial charge in [-0.1, -0.05) is 6.92 Å². The summed E-state index contributed by atoms with van der Waals surface area (Å²) in [7, 11) is 0. The highest BCUT2D eigenvalue weighted by molar-refractivity contribution is 6.12. The highest BCUT2D eigenvalue weighted by Gasteiger charge is 2.80. The average molecular weight is 244 g/mol. The molecular formula is C12H12N4O2. The molecule has 0 spiro atoms. The van der Waals surface area contributed by atoms with Gasteiger partial charge in [-0.2, -0.15) is 15.5 Å². The lowest BCUT2D eigenvalue weighted by Gasteiger charge is -2.59. The van der Waals surface area contributed by atoms with Gasteiger partial charge in [-0.05, 0) is 6.92 Å². The SMILES string of the molecule is C[C@@H]1[C@@]2(C)OC3=NC(=N)[C@@]1(C#N)[C@@]3(C#N)[C@@H](C)O2. The molecule has 0 aromatic carbocycles. The second kappa shape index (κ2) is 2.73. The Morgan fingerprint density at radius 1 is 1.28 bits per heavy atom. The molecule has 0 unspecified atom stereocenters. The summed E-state index contributed by atoms with van der Waals surface area (Å²) in [6.45, 7) is 5.23. The van der Waals surface area contributed by atoms with Crippen LogP contribution in [-0.4, -0.2) is 23.6 Å². The number of nitriles is 2. The first-order valence-electron chi connectivity index (χ1n) is 5.76. The molecule has 4 bridgehead atoms. The van der Waals surface area contributed by atoms with Crippen molar-refractivity contribution in [3.05, 3.63) is 0 Å². The highest BCUT2D eigenvalue weighted by Crippen LogP contribution is 2.65. The monoisotopic (exact) mass is 244 g/mol. The van der Waals surface area contributed by atoms with Crippen LogP contribution in [0, 0.1) is 44.8 Å². The number of nitrogens with one attached hydrogen (secondary N) is 1. The van der Waals surface area contributed by atoms with Gasteiger partial charge in [0.2, 0.25) is 11.7 Å². The van der Waals surface area contributed by atoms with E-state index in [0.29, 0.717) is 0 Å². The van der Waals surface area contributed by atoms with E-state index in [1.165, 1.54) is 0 Å². The molecule has 3 saturated heterocycles. The molecule has 4 aliphatic heterocycles. The number of aliphatic imine (C=N–C) groups is 1. The Morgan fingerprint density at radius 3 is 2.44 bits per heavy atom. The van der Waals surface area contributed by atoms with Crippen LogP contribution in [0.2, 0.25) is 0 Å². The van der Waals surface area contributed by atoms with Gasteiger partial charge in [0.1, 0.15) is 5.84 Å². The van der Waals surface area contributed by atoms with Crippen LogP contribution in [0.25, 0.3) is 0 Å². The summed E-state index contributed by atoms with van der Waals surface area (Å²) in [6, 6.07) is 4.31. The van der Waals surface area contributed by atoms with Gasteiger partial charge >= 0.3 is 0 Å². The molecule has 6 nitrogen and oxygen atoms in total. The predicted octanol–water partition coefficient (Wildman–Crippen LogP) is 1.20. The Bertz CT molecular complexity index is 586. The first-order chi connectivity index (χ1) is 8.39. The summed E-state index contributed by atoms with van der Waals surface area (Å²) in [5.41, 5.74) is -2.57. The van der Waals surface area contributed by atoms with Crippen molar-refractivity contribution >= 4 is 11.7 Å². The van der Waals surface area contributed by atoms with Gasteiger partial charge < -0.3 is 9.47 Å². The normalized spacial score (nSPS) is 52.3. The molecule has 18 heavy (non-hydrogen) atoms. The van der Waals surface area contributed by atoms with Crippen LogP contribution < -0.4 is 0 Å². The van der Waals surface area contributed by atoms with E-state index < -0.39 is 28.6 Å². The molecular weight excluding hydrogens is 232 g/mol. The van der Waals surface area contributed by atoms with Crippen LogP contribution in [0.5, 0.6) is 0 Å². The summed E-state index contributed by atoms with van der Waals surface area (Å²) in [5, 5.41) is 27.2. The largest absolute Gasteiger partial charge is 0.447 e. The van der Waals surface area contributed by atoms with E-state index in [-0.39, 0.29) is 11.7 Å². The average Bonchev–Trinajstić information content (AvgIpc) is 2.52. The van der Waals surface area contributed by atoms with Crippen molar-refractivity contribution in [1.82, 2.24) is 0 Å². The van der Waals surface area contributed by atoms with Crippen molar-refractivity contribution in [3.63, 3.8) is 0 Å². The van der Waals surface area contributed by atoms with E-state index in [0.717, 1.165) is 0 Å². The second-order valence-corrected chi connectivity index (χ2v) is 5.20. The van der Waals surface area contributed by atoms with Crippen molar-refractivity contribution in [2.24, 2.45) is 21.7 Å². The molecule has 3 fully saturated rings. The van der Waals surface area contributed by atoms with Gasteiger partial charge in [-0.25, -0.2) is 0 Å². The maximum atomic E-state index is 9.63. The van der Waals surface area contributed by atoms with Gasteiger partial charge in [-0.3, -0.25) is 5.41 Å². The fourth-order valence-electron chi connectivity index (χ4n) is 3.48. The van der Waals surface area contributed by atoms with Gasteiger partial charge in [0.25, 0.3) is 0 Å². The molecule has 5 atom stereocenters. The number of hydrogen-bond donors (Lipinski definition) is 1. The number of ether oxygens (including phenoxy) is 2. The number of amidine groups is 1. The lowest BCUT2D eigenvalue weighted by molar-refractivity contribution is -0.325. The third-order valence-corrected chi connectivity index (χ3v) is 4.65. The molecule has 4 aliphatic rings. The number of nitrogens with zero attached hydrogens (tertiary/aromatic N) is 3. The predicted molar refractivity (Wildman–Crippen MR) is 60.5 cm³/mol. The second-order valence-electron chi connectivity index (χ2n) is 5.20. The number of hydrogen-bond acceptors (Lipinski definition) is 5. The highest BCUT2D eigenvalue weighted by atomic mass is 16.7. The first kappa shape index (κ1) is 11.2. The molecule has 0 aromatic rings. The topological polar surface area (TPSA) is 102 Å². The maximum absolute atomic E-state index is 9.63. The van der Waals surface area contributed by atoms with E-state index in [9.17, 15) is 10.5 Å². The third kappa shape index (κ3) is 0.739. The summed E-state index contributed by atoms with van der Waals surface area (Å²) in [5.74, 6) is -1.37. The van der Waals surface area contributed by atoms with Crippen LogP contribution in [0.1, 0.15) is 20.8 Å². The molecule has 6 heteroatoms. The zero-order chi connectivity index (χ0) is 13.3. The summed E-state index contributed by atoms with van der Waals surface area (Å²) < 4.78 is 11.4. The van der Waals surface area contributed by atoms with Crippen molar-refractivity contribution in [2.75, 3.05) is 0 Å². The van der Waals surface area contributed by atoms with E-state index in [2.05, 4.69) is 17.1 Å². The van der Waals surface area contributed by atoms with E-state index in [4.69, 9.17) is 14.9 Å². The van der Waals surface area contributed by atoms with Crippen molar-refractivity contribution < 1.29 is 9.47 Å². The molecule has 4 rings (SSSR count). The first-order valence-corrected chi connectivity index (χ1v) is 5.76. The van der Waals surface area contributed by atoms with Crippen LogP contribution in [0.3, 0.4) is 0 Å². The fraction of sp³-hybridized carbons (Fsp3) is 0.667. The van der Waals surface area contributed by atoms with Crippen LogP contribution >= 0.6 is 0 Å². The maximum Gasteiger partial charge on any atom is 0.218 e. The lowest BCUT2D eigenvalue weighted by atomic mass is 9.52. The van der Waals surface area contributed by atoms with Gasteiger partial charge in [0, 0.05) is 12.8 Å². The Morgan fingerprint density at radius 2 is 1.89 bits per heavy atom. The van der Waals surface area contributed by atoms with Gasteiger partial charge in [0.15, 0.2) is 10.8 Å². The van der Waals surface area contributed by atoms with E-state index >= 15 is 0 Å². The quantitative estimate of drug-likeness (QED) is 0.691. The minimum atomic E-state index is -1.30. The molecule has 92 valence electrons. The molecule has 1 N–H and O–H groups in total. The standard InChI is InChI=1S/C12H12N4O2/c1-6-10(3)17-7(2)12(5-14)9(18-10)16-8(15)11(6,12)4-13/h6-7,15H,1-3H3/t6-,7-,10-,11+,12+/m1/s1. The van der Waals surface area contributed by atoms with E-state index in [1.54, 1.807) is 20.8 Å². The minimum absolute atomic E-state index is 0.0899. The minimum Gasteiger partial charge on any atom is -0.447 e. The Kier molecular flexibility index (Phi) is 1.70. The molecule has 0 saturated carbocycles. The van der Waals surface area contributed by atoms with Crippen LogP contribution in [0.15, 0.2) is 4.99 Å². The zero-order valence-corrected chi connectivity index (χ0v) is 10.3. The molecule has 0 aliphatic carbocycles. The van der Waals surface area contributed by atoms with Crippen LogP contribution in [-0.2, 0) is 9.47 Å². The van der Waals surface area contributed by atoms with Crippen molar-refractivity contribution in [1.29, 1.82) is 15.9 Å². The molecule has 4 heterocycles. The fourth-order valence-corrected chi connectivity index (χ4v) is 3.48. The van der Waals surface area contributed by atoms with Gasteiger partial charge in [-0.15, -0.1) is 0 Å². The Labute approximate surface area is 104 Å². The zero-order valence-electron chi connectivity index (χ0n) is 10.3. The number of fused-ring (bicyclic) bond motifs is 1. The Hall–Kier alpha value is -1.92. The summed E-state index contributed by atoms with van der Waals surface area (Å²) in [6.07, 6.45) is -0.529. The lowest BCUT2D eigenvalue weighted by Crippen LogP contribution is -2.72. The Balaban J connectivity index is 2.39. The summed E-state index contributed by atoms with van der Waals surface area (Å²) >= 11 is 0. The van der Waals surface area contributed by atoms with Crippen LogP contribution in [0.4, 0.5) is 0 Å². The molecule has 0 radical (unpaired) electrons. The summed E-state index contributed by atoms with van der Waals surface area (Å²) in [4.78, 5) is 4.02. The van der Waals surface area contributed by atoms with E-state index in [1.807, 2.05) is 0 Å². The third-order valence-electron chi connectivity index (χ3n) is 4.65. The van der Waals surface area contributed by atoms with Crippen molar-refractivity contribution in [2.45, 2.75) is 32.7 Å². The molecule has 0 amide bonds. The van der Waals surface area contributed by atoms with Gasteiger partial charge in [0.05, 0.1) is 18.2 Å². The molecule has 0 aromatic heterocycles. The number of rotatable bonds is 0. The van der Waals surface area contributed by atoms with Crippen molar-refractivity contribution in [3.8, 4) is 12.1 Å².